The molecule has 17 nitrogen and oxygen atoms in total. The van der Waals surface area contributed by atoms with E-state index < -0.39 is 97.5 Å². The first-order chi connectivity index (χ1) is 53.7. The van der Waals surface area contributed by atoms with E-state index in [0.29, 0.717) is 25.7 Å². The summed E-state index contributed by atoms with van der Waals surface area (Å²) in [5.41, 5.74) is 0. The van der Waals surface area contributed by atoms with Crippen LogP contribution in [0.3, 0.4) is 0 Å². The SMILES string of the molecule is CCCCCCCCCCCCCCCCCCCCCCCCC(=O)OC[C@H](COP(=O)(O)OC[C@@H](O)COP(=O)(O)OC[C@@H](COC(=O)CCCCCCC)OC(=O)CCCCCCCCCCCCCCCCCCCCCCC)OC(=O)CCCCCCCCCCCCCCCCCCCCCCCC. The second-order valence-corrected chi connectivity index (χ2v) is 35.6. The van der Waals surface area contributed by atoms with E-state index in [4.69, 9.17) is 37.0 Å². The Morgan fingerprint density at radius 3 is 0.536 bits per heavy atom. The molecule has 0 aromatic carbocycles. The van der Waals surface area contributed by atoms with Crippen molar-refractivity contribution in [1.82, 2.24) is 0 Å². The first-order valence-corrected chi connectivity index (χ1v) is 50.3. The van der Waals surface area contributed by atoms with E-state index in [-0.39, 0.29) is 25.7 Å². The van der Waals surface area contributed by atoms with Crippen molar-refractivity contribution < 1.29 is 80.2 Å². The van der Waals surface area contributed by atoms with Crippen LogP contribution in [0, 0.1) is 0 Å². The Balaban J connectivity index is 5.06. The van der Waals surface area contributed by atoms with E-state index in [1.165, 1.54) is 327 Å². The summed E-state index contributed by atoms with van der Waals surface area (Å²) in [6, 6.07) is 0. The molecule has 0 bridgehead atoms. The summed E-state index contributed by atoms with van der Waals surface area (Å²) in [6.07, 6.45) is 82.8. The average molecular weight is 1610 g/mol. The number of carbonyl (C=O) groups is 4. The molecule has 0 radical (unpaired) electrons. The predicted molar refractivity (Wildman–Crippen MR) is 455 cm³/mol. The van der Waals surface area contributed by atoms with Crippen molar-refractivity contribution in [3.8, 4) is 0 Å². The average Bonchev–Trinajstić information content (AvgIpc) is 0.901. The molecule has 0 aliphatic carbocycles. The molecule has 0 aromatic rings. The maximum Gasteiger partial charge on any atom is 0.472 e. The van der Waals surface area contributed by atoms with Crippen LogP contribution in [0.4, 0.5) is 0 Å². The lowest BCUT2D eigenvalue weighted by molar-refractivity contribution is -0.161. The van der Waals surface area contributed by atoms with Gasteiger partial charge in [-0.2, -0.15) is 0 Å². The molecule has 3 N–H and O–H groups in total. The summed E-state index contributed by atoms with van der Waals surface area (Å²) >= 11 is 0. The number of phosphoric ester groups is 2. The second-order valence-electron chi connectivity index (χ2n) is 32.7. The molecule has 0 rings (SSSR count). The zero-order chi connectivity index (χ0) is 80.3. The second kappa shape index (κ2) is 85.0. The Kier molecular flexibility index (Phi) is 83.5. The fraction of sp³-hybridized carbons (Fsp3) is 0.956. The van der Waals surface area contributed by atoms with Crippen molar-refractivity contribution in [2.75, 3.05) is 39.6 Å². The fourth-order valence-corrected chi connectivity index (χ4v) is 16.0. The van der Waals surface area contributed by atoms with Crippen LogP contribution >= 0.6 is 15.6 Å². The Morgan fingerprint density at radius 2 is 0.364 bits per heavy atom. The molecule has 2 unspecified atom stereocenters. The zero-order valence-electron chi connectivity index (χ0n) is 72.3. The number of aliphatic hydroxyl groups is 1. The molecule has 0 saturated carbocycles. The van der Waals surface area contributed by atoms with Crippen LogP contribution in [0.1, 0.15) is 503 Å². The Morgan fingerprint density at radius 1 is 0.218 bits per heavy atom. The van der Waals surface area contributed by atoms with Gasteiger partial charge in [0, 0.05) is 25.7 Å². The molecule has 0 fully saturated rings. The van der Waals surface area contributed by atoms with Gasteiger partial charge in [0.05, 0.1) is 26.4 Å². The largest absolute Gasteiger partial charge is 0.472 e. The quantitative estimate of drug-likeness (QED) is 0.0222. The van der Waals surface area contributed by atoms with Gasteiger partial charge in [-0.05, 0) is 25.7 Å². The monoisotopic (exact) mass is 1610 g/mol. The molecule has 0 spiro atoms. The number of carbonyl (C=O) groups excluding carboxylic acids is 4. The molecule has 5 atom stereocenters. The number of esters is 4. The fourth-order valence-electron chi connectivity index (χ4n) is 14.4. The van der Waals surface area contributed by atoms with Gasteiger partial charge in [0.25, 0.3) is 0 Å². The lowest BCUT2D eigenvalue weighted by Crippen LogP contribution is -2.30. The summed E-state index contributed by atoms with van der Waals surface area (Å²) in [5.74, 6) is -2.11. The maximum atomic E-state index is 13.2. The standard InChI is InChI=1S/C91H178O17P2/c1-5-9-13-17-20-23-26-29-32-35-38-41-44-46-49-52-55-58-61-64-68-72-76-89(94)102-82-87(108-91(96)78-74-70-66-63-60-57-54-51-48-45-42-39-36-33-30-27-24-21-18-14-10-6-2)84-106-110(99,100)104-80-85(92)79-103-109(97,98)105-83-86(81-101-88(93)75-71-67-16-12-8-4)107-90(95)77-73-69-65-62-59-56-53-50-47-43-40-37-34-31-28-25-22-19-15-11-7-3/h85-87,92H,5-84H2,1-4H3,(H,97,98)(H,99,100)/t85-,86+,87+/m0/s1. The molecule has 0 saturated heterocycles. The minimum Gasteiger partial charge on any atom is -0.462 e. The topological polar surface area (TPSA) is 237 Å². The van der Waals surface area contributed by atoms with Crippen LogP contribution in [0.2, 0.25) is 0 Å². The third-order valence-corrected chi connectivity index (χ3v) is 23.5. The van der Waals surface area contributed by atoms with Gasteiger partial charge in [0.15, 0.2) is 12.2 Å². The molecular weight excluding hydrogens is 1430 g/mol. The summed E-state index contributed by atoms with van der Waals surface area (Å²) in [6.45, 7) is 4.98. The van der Waals surface area contributed by atoms with Crippen LogP contribution in [0.15, 0.2) is 0 Å². The van der Waals surface area contributed by atoms with Crippen LogP contribution in [-0.2, 0) is 65.4 Å². The number of hydrogen-bond acceptors (Lipinski definition) is 15. The third kappa shape index (κ3) is 84.0. The molecule has 654 valence electrons. The highest BCUT2D eigenvalue weighted by Gasteiger charge is 2.31. The van der Waals surface area contributed by atoms with Crippen molar-refractivity contribution in [2.45, 2.75) is 521 Å². The minimum absolute atomic E-state index is 0.109. The van der Waals surface area contributed by atoms with E-state index in [0.717, 1.165) is 96.3 Å². The normalized spacial score (nSPS) is 13.6. The van der Waals surface area contributed by atoms with E-state index in [1.54, 1.807) is 0 Å². The van der Waals surface area contributed by atoms with Gasteiger partial charge >= 0.3 is 39.5 Å². The van der Waals surface area contributed by atoms with Crippen molar-refractivity contribution in [1.29, 1.82) is 0 Å². The Hall–Kier alpha value is -1.94. The highest BCUT2D eigenvalue weighted by Crippen LogP contribution is 2.45. The van der Waals surface area contributed by atoms with Crippen molar-refractivity contribution in [3.63, 3.8) is 0 Å². The molecule has 0 aliphatic rings. The van der Waals surface area contributed by atoms with E-state index in [2.05, 4.69) is 27.7 Å². The maximum absolute atomic E-state index is 13.2. The van der Waals surface area contributed by atoms with Gasteiger partial charge in [-0.1, -0.05) is 451 Å². The summed E-state index contributed by atoms with van der Waals surface area (Å²) in [7, 11) is -9.92. The van der Waals surface area contributed by atoms with Crippen molar-refractivity contribution >= 4 is 39.5 Å². The predicted octanol–water partition coefficient (Wildman–Crippen LogP) is 28.5. The van der Waals surface area contributed by atoms with Gasteiger partial charge in [-0.25, -0.2) is 9.13 Å². The molecular formula is C91H178O17P2. The number of ether oxygens (including phenoxy) is 4. The highest BCUT2D eigenvalue weighted by atomic mass is 31.2. The van der Waals surface area contributed by atoms with Crippen LogP contribution in [0.25, 0.3) is 0 Å². The minimum atomic E-state index is -4.97. The molecule has 110 heavy (non-hydrogen) atoms. The smallest absolute Gasteiger partial charge is 0.462 e. The summed E-state index contributed by atoms with van der Waals surface area (Å²) in [4.78, 5) is 73.0. The molecule has 0 heterocycles. The lowest BCUT2D eigenvalue weighted by Gasteiger charge is -2.21. The summed E-state index contributed by atoms with van der Waals surface area (Å²) < 4.78 is 68.8. The van der Waals surface area contributed by atoms with Crippen LogP contribution in [0.5, 0.6) is 0 Å². The summed E-state index contributed by atoms with van der Waals surface area (Å²) in [5, 5.41) is 10.7. The first-order valence-electron chi connectivity index (χ1n) is 47.3. The highest BCUT2D eigenvalue weighted by molar-refractivity contribution is 7.47. The van der Waals surface area contributed by atoms with E-state index in [9.17, 15) is 43.2 Å². The molecule has 0 aliphatic heterocycles. The molecule has 19 heteroatoms. The van der Waals surface area contributed by atoms with Crippen LogP contribution < -0.4 is 0 Å². The lowest BCUT2D eigenvalue weighted by atomic mass is 10.0. The number of aliphatic hydroxyl groups excluding tert-OH is 1. The molecule has 0 aromatic heterocycles. The first kappa shape index (κ1) is 108. The Bertz CT molecular complexity index is 2070. The van der Waals surface area contributed by atoms with Gasteiger partial charge in [0.1, 0.15) is 19.3 Å². The number of rotatable bonds is 92. The van der Waals surface area contributed by atoms with Gasteiger partial charge in [-0.3, -0.25) is 37.3 Å². The number of hydrogen-bond donors (Lipinski definition) is 3. The third-order valence-electron chi connectivity index (χ3n) is 21.6. The van der Waals surface area contributed by atoms with E-state index >= 15 is 0 Å². The van der Waals surface area contributed by atoms with Gasteiger partial charge in [0.2, 0.25) is 0 Å². The van der Waals surface area contributed by atoms with Gasteiger partial charge < -0.3 is 33.8 Å². The van der Waals surface area contributed by atoms with Gasteiger partial charge in [-0.15, -0.1) is 0 Å². The van der Waals surface area contributed by atoms with Crippen molar-refractivity contribution in [2.24, 2.45) is 0 Å². The number of unbranched alkanes of at least 4 members (excludes halogenated alkanes) is 66. The van der Waals surface area contributed by atoms with Crippen molar-refractivity contribution in [3.05, 3.63) is 0 Å². The number of phosphoric acid groups is 2. The van der Waals surface area contributed by atoms with E-state index in [1.807, 2.05) is 0 Å². The molecule has 0 amide bonds. The zero-order valence-corrected chi connectivity index (χ0v) is 74.0. The van der Waals surface area contributed by atoms with Crippen LogP contribution in [-0.4, -0.2) is 96.7 Å². The Labute approximate surface area is 677 Å².